The summed E-state index contributed by atoms with van der Waals surface area (Å²) in [5.41, 5.74) is 0.508. The molecule has 0 aliphatic rings. The Labute approximate surface area is 138 Å². The van der Waals surface area contributed by atoms with Gasteiger partial charge in [0.1, 0.15) is 6.10 Å². The predicted octanol–water partition coefficient (Wildman–Crippen LogP) is 6.30. The van der Waals surface area contributed by atoms with Gasteiger partial charge in [0.25, 0.3) is 0 Å². The Morgan fingerprint density at radius 3 is 2.18 bits per heavy atom. The molecule has 22 heavy (non-hydrogen) atoms. The van der Waals surface area contributed by atoms with E-state index in [0.717, 1.165) is 25.2 Å². The Morgan fingerprint density at radius 1 is 1.05 bits per heavy atom. The zero-order chi connectivity index (χ0) is 17.0. The summed E-state index contributed by atoms with van der Waals surface area (Å²) >= 11 is 0. The minimum absolute atomic E-state index is 0.0677. The van der Waals surface area contributed by atoms with E-state index < -0.39 is 0 Å². The molecule has 2 nitrogen and oxygen atoms in total. The third kappa shape index (κ3) is 10.9. The van der Waals surface area contributed by atoms with Gasteiger partial charge in [0.05, 0.1) is 0 Å². The second kappa shape index (κ2) is 12.7. The standard InChI is InChI=1S/C20H38O2/c1-7-9-13-18(8-2)15-19(22-20(21)17(5)6)14-11-10-12-16(3)4/h16,18-19H,5,7-15H2,1-4,6H3. The SMILES string of the molecule is C=C(C)C(=O)OC(CCCCC(C)C)CC(CC)CCCC. The summed E-state index contributed by atoms with van der Waals surface area (Å²) in [7, 11) is 0. The monoisotopic (exact) mass is 310 g/mol. The highest BCUT2D eigenvalue weighted by molar-refractivity contribution is 5.87. The minimum Gasteiger partial charge on any atom is -0.459 e. The Balaban J connectivity index is 4.42. The average molecular weight is 311 g/mol. The number of hydrogen-bond acceptors (Lipinski definition) is 2. The molecule has 2 atom stereocenters. The Kier molecular flexibility index (Phi) is 12.3. The molecule has 2 unspecified atom stereocenters. The first kappa shape index (κ1) is 21.2. The van der Waals surface area contributed by atoms with Crippen LogP contribution in [-0.4, -0.2) is 12.1 Å². The van der Waals surface area contributed by atoms with Crippen molar-refractivity contribution in [3.8, 4) is 0 Å². The Bertz CT molecular complexity index is 307. The molecule has 0 heterocycles. The van der Waals surface area contributed by atoms with E-state index in [1.54, 1.807) is 6.92 Å². The van der Waals surface area contributed by atoms with Gasteiger partial charge in [-0.15, -0.1) is 0 Å². The lowest BCUT2D eigenvalue weighted by Gasteiger charge is -2.23. The van der Waals surface area contributed by atoms with Crippen LogP contribution in [-0.2, 0) is 9.53 Å². The van der Waals surface area contributed by atoms with E-state index in [9.17, 15) is 4.79 Å². The number of carbonyl (C=O) groups is 1. The third-order valence-electron chi connectivity index (χ3n) is 4.32. The molecular weight excluding hydrogens is 272 g/mol. The highest BCUT2D eigenvalue weighted by Gasteiger charge is 2.19. The molecule has 0 aliphatic carbocycles. The molecule has 0 fully saturated rings. The molecule has 0 saturated carbocycles. The number of unbranched alkanes of at least 4 members (excludes halogenated alkanes) is 2. The summed E-state index contributed by atoms with van der Waals surface area (Å²) < 4.78 is 5.69. The molecular formula is C20H38O2. The van der Waals surface area contributed by atoms with Crippen LogP contribution in [0, 0.1) is 11.8 Å². The van der Waals surface area contributed by atoms with Gasteiger partial charge in [-0.3, -0.25) is 0 Å². The van der Waals surface area contributed by atoms with Gasteiger partial charge in [0.15, 0.2) is 0 Å². The van der Waals surface area contributed by atoms with Crippen LogP contribution in [0.4, 0.5) is 0 Å². The first-order chi connectivity index (χ1) is 10.4. The summed E-state index contributed by atoms with van der Waals surface area (Å²) in [6.45, 7) is 14.4. The quantitative estimate of drug-likeness (QED) is 0.227. The maximum atomic E-state index is 11.9. The van der Waals surface area contributed by atoms with Gasteiger partial charge in [-0.05, 0) is 38.0 Å². The average Bonchev–Trinajstić information content (AvgIpc) is 2.46. The third-order valence-corrected chi connectivity index (χ3v) is 4.32. The van der Waals surface area contributed by atoms with Gasteiger partial charge in [0, 0.05) is 5.57 Å². The molecule has 0 amide bonds. The van der Waals surface area contributed by atoms with E-state index in [1.165, 1.54) is 38.5 Å². The van der Waals surface area contributed by atoms with E-state index in [2.05, 4.69) is 34.3 Å². The second-order valence-electron chi connectivity index (χ2n) is 7.14. The zero-order valence-electron chi connectivity index (χ0n) is 15.6. The van der Waals surface area contributed by atoms with Crippen molar-refractivity contribution in [2.45, 2.75) is 98.5 Å². The molecule has 0 aliphatic heterocycles. The molecule has 0 rings (SSSR count). The highest BCUT2D eigenvalue weighted by atomic mass is 16.5. The number of hydrogen-bond donors (Lipinski definition) is 0. The molecule has 0 aromatic carbocycles. The first-order valence-electron chi connectivity index (χ1n) is 9.27. The summed E-state index contributed by atoms with van der Waals surface area (Å²) in [4.78, 5) is 11.9. The summed E-state index contributed by atoms with van der Waals surface area (Å²) in [6, 6.07) is 0. The van der Waals surface area contributed by atoms with Crippen molar-refractivity contribution in [2.24, 2.45) is 11.8 Å². The fraction of sp³-hybridized carbons (Fsp3) is 0.850. The van der Waals surface area contributed by atoms with Crippen LogP contribution >= 0.6 is 0 Å². The van der Waals surface area contributed by atoms with Crippen LogP contribution in [0.3, 0.4) is 0 Å². The van der Waals surface area contributed by atoms with Gasteiger partial charge >= 0.3 is 5.97 Å². The van der Waals surface area contributed by atoms with Gasteiger partial charge in [0.2, 0.25) is 0 Å². The number of ether oxygens (including phenoxy) is 1. The van der Waals surface area contributed by atoms with Crippen LogP contribution in [0.5, 0.6) is 0 Å². The summed E-state index contributed by atoms with van der Waals surface area (Å²) in [5.74, 6) is 1.21. The number of esters is 1. The molecule has 0 radical (unpaired) electrons. The van der Waals surface area contributed by atoms with Crippen molar-refractivity contribution in [3.63, 3.8) is 0 Å². The highest BCUT2D eigenvalue weighted by Crippen LogP contribution is 2.24. The van der Waals surface area contributed by atoms with E-state index in [-0.39, 0.29) is 12.1 Å². The molecule has 0 bridgehead atoms. The molecule has 0 aromatic rings. The number of carbonyl (C=O) groups excluding carboxylic acids is 1. The van der Waals surface area contributed by atoms with Gasteiger partial charge in [-0.2, -0.15) is 0 Å². The lowest BCUT2D eigenvalue weighted by molar-refractivity contribution is -0.145. The Hall–Kier alpha value is -0.790. The Morgan fingerprint density at radius 2 is 1.68 bits per heavy atom. The number of rotatable bonds is 13. The smallest absolute Gasteiger partial charge is 0.333 e. The van der Waals surface area contributed by atoms with E-state index in [0.29, 0.717) is 11.5 Å². The zero-order valence-corrected chi connectivity index (χ0v) is 15.6. The fourth-order valence-electron chi connectivity index (χ4n) is 2.75. The normalized spacial score (nSPS) is 13.9. The molecule has 0 N–H and O–H groups in total. The van der Waals surface area contributed by atoms with Crippen molar-refractivity contribution in [1.29, 1.82) is 0 Å². The minimum atomic E-state index is -0.223. The van der Waals surface area contributed by atoms with E-state index in [1.807, 2.05) is 0 Å². The largest absolute Gasteiger partial charge is 0.459 e. The molecule has 0 aromatic heterocycles. The topological polar surface area (TPSA) is 26.3 Å². The lowest BCUT2D eigenvalue weighted by atomic mass is 9.91. The second-order valence-corrected chi connectivity index (χ2v) is 7.14. The van der Waals surface area contributed by atoms with Crippen molar-refractivity contribution < 1.29 is 9.53 Å². The predicted molar refractivity (Wildman–Crippen MR) is 95.9 cm³/mol. The van der Waals surface area contributed by atoms with Crippen LogP contribution in [0.25, 0.3) is 0 Å². The van der Waals surface area contributed by atoms with Crippen molar-refractivity contribution in [2.75, 3.05) is 0 Å². The lowest BCUT2D eigenvalue weighted by Crippen LogP contribution is -2.22. The van der Waals surface area contributed by atoms with Gasteiger partial charge in [-0.25, -0.2) is 4.79 Å². The van der Waals surface area contributed by atoms with Crippen molar-refractivity contribution >= 4 is 5.97 Å². The van der Waals surface area contributed by atoms with Gasteiger partial charge < -0.3 is 4.74 Å². The maximum absolute atomic E-state index is 11.9. The maximum Gasteiger partial charge on any atom is 0.333 e. The fourth-order valence-corrected chi connectivity index (χ4v) is 2.75. The molecule has 0 saturated heterocycles. The van der Waals surface area contributed by atoms with Crippen LogP contribution in [0.1, 0.15) is 92.4 Å². The molecule has 130 valence electrons. The van der Waals surface area contributed by atoms with Crippen molar-refractivity contribution in [1.82, 2.24) is 0 Å². The van der Waals surface area contributed by atoms with E-state index >= 15 is 0 Å². The van der Waals surface area contributed by atoms with Crippen LogP contribution < -0.4 is 0 Å². The van der Waals surface area contributed by atoms with Crippen LogP contribution in [0.15, 0.2) is 12.2 Å². The summed E-state index contributed by atoms with van der Waals surface area (Å²) in [5, 5.41) is 0. The van der Waals surface area contributed by atoms with E-state index in [4.69, 9.17) is 4.74 Å². The molecule has 2 heteroatoms. The van der Waals surface area contributed by atoms with Gasteiger partial charge in [-0.1, -0.05) is 72.8 Å². The van der Waals surface area contributed by atoms with Crippen LogP contribution in [0.2, 0.25) is 0 Å². The first-order valence-corrected chi connectivity index (χ1v) is 9.27. The van der Waals surface area contributed by atoms with Crippen molar-refractivity contribution in [3.05, 3.63) is 12.2 Å². The summed E-state index contributed by atoms with van der Waals surface area (Å²) in [6.07, 6.45) is 10.6. The molecule has 0 spiro atoms.